The molecule has 8 heteroatoms. The SMILES string of the molecule is O=C(CSc1nnnn1-c1ccccc1)Nc1ccccc1Oc1ccccc1. The molecule has 3 aromatic carbocycles. The molecule has 4 aromatic rings. The molecule has 0 aliphatic rings. The first kappa shape index (κ1) is 18.7. The van der Waals surface area contributed by atoms with E-state index in [1.807, 2.05) is 78.9 Å². The molecule has 144 valence electrons. The minimum Gasteiger partial charge on any atom is -0.455 e. The average molecular weight is 403 g/mol. The first-order chi connectivity index (χ1) is 14.3. The summed E-state index contributed by atoms with van der Waals surface area (Å²) in [5, 5.41) is 15.1. The van der Waals surface area contributed by atoms with Crippen molar-refractivity contribution in [2.45, 2.75) is 5.16 Å². The van der Waals surface area contributed by atoms with Crippen LogP contribution in [0.2, 0.25) is 0 Å². The van der Waals surface area contributed by atoms with Crippen LogP contribution in [-0.4, -0.2) is 31.9 Å². The van der Waals surface area contributed by atoms with Crippen LogP contribution in [0.25, 0.3) is 5.69 Å². The molecule has 0 unspecified atom stereocenters. The Bertz CT molecular complexity index is 1090. The summed E-state index contributed by atoms with van der Waals surface area (Å²) in [6.07, 6.45) is 0. The van der Waals surface area contributed by atoms with E-state index in [0.29, 0.717) is 22.3 Å². The van der Waals surface area contributed by atoms with Gasteiger partial charge in [-0.1, -0.05) is 60.3 Å². The molecule has 4 rings (SSSR count). The fraction of sp³-hybridized carbons (Fsp3) is 0.0476. The first-order valence-corrected chi connectivity index (χ1v) is 9.86. The third-order valence-corrected chi connectivity index (χ3v) is 4.83. The van der Waals surface area contributed by atoms with Gasteiger partial charge in [-0.05, 0) is 46.8 Å². The lowest BCUT2D eigenvalue weighted by molar-refractivity contribution is -0.113. The van der Waals surface area contributed by atoms with Crippen LogP contribution >= 0.6 is 11.8 Å². The molecule has 7 nitrogen and oxygen atoms in total. The van der Waals surface area contributed by atoms with Gasteiger partial charge < -0.3 is 10.1 Å². The highest BCUT2D eigenvalue weighted by Gasteiger charge is 2.13. The van der Waals surface area contributed by atoms with Crippen molar-refractivity contribution in [2.24, 2.45) is 0 Å². The number of carbonyl (C=O) groups excluding carboxylic acids is 1. The molecule has 1 aromatic heterocycles. The van der Waals surface area contributed by atoms with Gasteiger partial charge in [0.05, 0.1) is 17.1 Å². The summed E-state index contributed by atoms with van der Waals surface area (Å²) in [5.41, 5.74) is 1.44. The monoisotopic (exact) mass is 403 g/mol. The van der Waals surface area contributed by atoms with Gasteiger partial charge in [0.15, 0.2) is 5.75 Å². The van der Waals surface area contributed by atoms with Crippen molar-refractivity contribution in [3.63, 3.8) is 0 Å². The van der Waals surface area contributed by atoms with Gasteiger partial charge in [0.25, 0.3) is 0 Å². The quantitative estimate of drug-likeness (QED) is 0.466. The van der Waals surface area contributed by atoms with Crippen LogP contribution in [0.5, 0.6) is 11.5 Å². The molecule has 29 heavy (non-hydrogen) atoms. The zero-order valence-corrected chi connectivity index (χ0v) is 16.1. The molecule has 0 aliphatic heterocycles. The standard InChI is InChI=1S/C21H17N5O2S/c27-20(15-29-21-23-24-25-26(21)16-9-3-1-4-10-16)22-18-13-7-8-14-19(18)28-17-11-5-2-6-12-17/h1-14H,15H2,(H,22,27). The number of nitrogens with one attached hydrogen (secondary N) is 1. The Labute approximate surface area is 171 Å². The van der Waals surface area contributed by atoms with Gasteiger partial charge in [-0.3, -0.25) is 4.79 Å². The number of ether oxygens (including phenoxy) is 1. The topological polar surface area (TPSA) is 81.9 Å². The van der Waals surface area contributed by atoms with Crippen molar-refractivity contribution in [1.82, 2.24) is 20.2 Å². The van der Waals surface area contributed by atoms with E-state index in [2.05, 4.69) is 20.8 Å². The molecule has 0 bridgehead atoms. The van der Waals surface area contributed by atoms with E-state index < -0.39 is 0 Å². The zero-order chi connectivity index (χ0) is 19.9. The number of carbonyl (C=O) groups is 1. The van der Waals surface area contributed by atoms with Gasteiger partial charge in [-0.25, -0.2) is 0 Å². The fourth-order valence-electron chi connectivity index (χ4n) is 2.59. The van der Waals surface area contributed by atoms with Crippen LogP contribution in [0, 0.1) is 0 Å². The van der Waals surface area contributed by atoms with Crippen molar-refractivity contribution in [3.8, 4) is 17.2 Å². The predicted molar refractivity (Wildman–Crippen MR) is 111 cm³/mol. The number of aromatic nitrogens is 4. The van der Waals surface area contributed by atoms with Gasteiger partial charge in [0, 0.05) is 0 Å². The van der Waals surface area contributed by atoms with Crippen LogP contribution in [0.3, 0.4) is 0 Å². The van der Waals surface area contributed by atoms with Crippen molar-refractivity contribution >= 4 is 23.4 Å². The number of benzene rings is 3. The van der Waals surface area contributed by atoms with Gasteiger partial charge >= 0.3 is 0 Å². The number of hydrogen-bond donors (Lipinski definition) is 1. The summed E-state index contributed by atoms with van der Waals surface area (Å²) in [5.74, 6) is 1.26. The molecule has 1 N–H and O–H groups in total. The summed E-state index contributed by atoms with van der Waals surface area (Å²) in [4.78, 5) is 12.5. The van der Waals surface area contributed by atoms with Crippen LogP contribution in [0.1, 0.15) is 0 Å². The van der Waals surface area contributed by atoms with E-state index >= 15 is 0 Å². The molecular weight excluding hydrogens is 386 g/mol. The number of nitrogens with zero attached hydrogens (tertiary/aromatic N) is 4. The maximum absolute atomic E-state index is 12.5. The lowest BCUT2D eigenvalue weighted by Gasteiger charge is -2.12. The number of hydrogen-bond acceptors (Lipinski definition) is 6. The molecule has 0 saturated carbocycles. The molecule has 0 radical (unpaired) electrons. The zero-order valence-electron chi connectivity index (χ0n) is 15.3. The summed E-state index contributed by atoms with van der Waals surface area (Å²) in [7, 11) is 0. The third kappa shape index (κ3) is 4.80. The number of para-hydroxylation sites is 4. The first-order valence-electron chi connectivity index (χ1n) is 8.88. The highest BCUT2D eigenvalue weighted by Crippen LogP contribution is 2.29. The lowest BCUT2D eigenvalue weighted by atomic mass is 10.3. The van der Waals surface area contributed by atoms with Gasteiger partial charge in [0.1, 0.15) is 5.75 Å². The Balaban J connectivity index is 1.41. The number of rotatable bonds is 7. The van der Waals surface area contributed by atoms with Crippen LogP contribution < -0.4 is 10.1 Å². The van der Waals surface area contributed by atoms with Crippen molar-refractivity contribution in [1.29, 1.82) is 0 Å². The van der Waals surface area contributed by atoms with E-state index in [1.54, 1.807) is 10.7 Å². The Kier molecular flexibility index (Phi) is 5.82. The largest absolute Gasteiger partial charge is 0.455 e. The predicted octanol–water partition coefficient (Wildman–Crippen LogP) is 4.19. The van der Waals surface area contributed by atoms with Crippen LogP contribution in [-0.2, 0) is 4.79 Å². The van der Waals surface area contributed by atoms with E-state index in [1.165, 1.54) is 11.8 Å². The number of anilines is 1. The fourth-order valence-corrected chi connectivity index (χ4v) is 3.28. The van der Waals surface area contributed by atoms with E-state index in [4.69, 9.17) is 4.74 Å². The maximum atomic E-state index is 12.5. The second-order valence-corrected chi connectivity index (χ2v) is 6.90. The van der Waals surface area contributed by atoms with E-state index in [-0.39, 0.29) is 11.7 Å². The smallest absolute Gasteiger partial charge is 0.234 e. The van der Waals surface area contributed by atoms with Crippen LogP contribution in [0.4, 0.5) is 5.69 Å². The maximum Gasteiger partial charge on any atom is 0.234 e. The number of thioether (sulfide) groups is 1. The molecule has 0 fully saturated rings. The number of tetrazole rings is 1. The third-order valence-electron chi connectivity index (χ3n) is 3.91. The van der Waals surface area contributed by atoms with Crippen molar-refractivity contribution in [2.75, 3.05) is 11.1 Å². The number of amides is 1. The summed E-state index contributed by atoms with van der Waals surface area (Å²) in [6, 6.07) is 26.3. The highest BCUT2D eigenvalue weighted by atomic mass is 32.2. The van der Waals surface area contributed by atoms with Crippen LogP contribution in [0.15, 0.2) is 90.1 Å². The Morgan fingerprint density at radius 1 is 0.931 bits per heavy atom. The summed E-state index contributed by atoms with van der Waals surface area (Å²) in [6.45, 7) is 0. The van der Waals surface area contributed by atoms with Gasteiger partial charge in [0.2, 0.25) is 11.1 Å². The Morgan fingerprint density at radius 2 is 1.62 bits per heavy atom. The summed E-state index contributed by atoms with van der Waals surface area (Å²) >= 11 is 1.26. The van der Waals surface area contributed by atoms with Crippen molar-refractivity contribution in [3.05, 3.63) is 84.9 Å². The summed E-state index contributed by atoms with van der Waals surface area (Å²) < 4.78 is 7.48. The van der Waals surface area contributed by atoms with Gasteiger partial charge in [-0.2, -0.15) is 4.68 Å². The van der Waals surface area contributed by atoms with E-state index in [0.717, 1.165) is 5.69 Å². The molecule has 1 heterocycles. The average Bonchev–Trinajstić information content (AvgIpc) is 3.24. The molecule has 1 amide bonds. The normalized spacial score (nSPS) is 10.5. The highest BCUT2D eigenvalue weighted by molar-refractivity contribution is 7.99. The minimum atomic E-state index is -0.179. The minimum absolute atomic E-state index is 0.160. The molecule has 0 aliphatic carbocycles. The second kappa shape index (κ2) is 9.03. The molecule has 0 atom stereocenters. The lowest BCUT2D eigenvalue weighted by Crippen LogP contribution is -2.15. The molecule has 0 saturated heterocycles. The Hall–Kier alpha value is -3.65. The Morgan fingerprint density at radius 3 is 2.41 bits per heavy atom. The molecule has 0 spiro atoms. The van der Waals surface area contributed by atoms with E-state index in [9.17, 15) is 4.79 Å². The van der Waals surface area contributed by atoms with Crippen molar-refractivity contribution < 1.29 is 9.53 Å². The van der Waals surface area contributed by atoms with Gasteiger partial charge in [-0.15, -0.1) is 5.10 Å². The molecular formula is C21H17N5O2S. The second-order valence-electron chi connectivity index (χ2n) is 5.96.